The first-order valence-corrected chi connectivity index (χ1v) is 7.03. The molecule has 1 fully saturated rings. The van der Waals surface area contributed by atoms with Crippen LogP contribution in [0.4, 0.5) is 0 Å². The van der Waals surface area contributed by atoms with E-state index in [9.17, 15) is 9.59 Å². The second-order valence-electron chi connectivity index (χ2n) is 5.26. The number of pyridine rings is 1. The van der Waals surface area contributed by atoms with Crippen molar-refractivity contribution in [3.8, 4) is 0 Å². The van der Waals surface area contributed by atoms with Gasteiger partial charge >= 0.3 is 0 Å². The van der Waals surface area contributed by atoms with E-state index in [-0.39, 0.29) is 17.2 Å². The molecule has 6 heteroatoms. The summed E-state index contributed by atoms with van der Waals surface area (Å²) in [5, 5.41) is 2.74. The highest BCUT2D eigenvalue weighted by Crippen LogP contribution is 2.10. The highest BCUT2D eigenvalue weighted by molar-refractivity contribution is 5.93. The monoisotopic (exact) mass is 287 g/mol. The van der Waals surface area contributed by atoms with Gasteiger partial charge in [0.1, 0.15) is 11.2 Å². The molecule has 1 aliphatic rings. The van der Waals surface area contributed by atoms with E-state index in [4.69, 9.17) is 4.74 Å². The fourth-order valence-electron chi connectivity index (χ4n) is 2.45. The number of rotatable bonds is 3. The topological polar surface area (TPSA) is 72.7 Å². The average molecular weight is 287 g/mol. The summed E-state index contributed by atoms with van der Waals surface area (Å²) in [6, 6.07) is 3.63. The van der Waals surface area contributed by atoms with Crippen molar-refractivity contribution < 1.29 is 9.53 Å². The van der Waals surface area contributed by atoms with E-state index >= 15 is 0 Å². The molecule has 21 heavy (non-hydrogen) atoms. The predicted octanol–water partition coefficient (Wildman–Crippen LogP) is 0.912. The van der Waals surface area contributed by atoms with Gasteiger partial charge in [0, 0.05) is 25.5 Å². The standard InChI is InChI=1S/C15H17N3O3/c1-10-4-5-13-16-8-12(15(20)18(13)9-10)14(19)17-7-11-3-2-6-21-11/h4-5,8-9,11H,2-3,6-7H2,1H3,(H,17,19). The maximum Gasteiger partial charge on any atom is 0.270 e. The van der Waals surface area contributed by atoms with Crippen LogP contribution in [0, 0.1) is 6.92 Å². The Balaban J connectivity index is 1.84. The van der Waals surface area contributed by atoms with Crippen molar-refractivity contribution in [3.05, 3.63) is 46.0 Å². The van der Waals surface area contributed by atoms with E-state index in [1.807, 2.05) is 13.0 Å². The number of amides is 1. The van der Waals surface area contributed by atoms with E-state index in [2.05, 4.69) is 10.3 Å². The second kappa shape index (κ2) is 5.65. The van der Waals surface area contributed by atoms with Gasteiger partial charge in [0.05, 0.1) is 6.10 Å². The molecule has 1 saturated heterocycles. The summed E-state index contributed by atoms with van der Waals surface area (Å²) >= 11 is 0. The summed E-state index contributed by atoms with van der Waals surface area (Å²) < 4.78 is 6.84. The Morgan fingerprint density at radius 3 is 3.14 bits per heavy atom. The normalized spacial score (nSPS) is 18.0. The zero-order chi connectivity index (χ0) is 14.8. The maximum atomic E-state index is 12.3. The first kappa shape index (κ1) is 13.8. The van der Waals surface area contributed by atoms with Crippen molar-refractivity contribution in [1.29, 1.82) is 0 Å². The Morgan fingerprint density at radius 2 is 2.38 bits per heavy atom. The molecule has 3 rings (SSSR count). The quantitative estimate of drug-likeness (QED) is 0.911. The van der Waals surface area contributed by atoms with E-state index < -0.39 is 5.91 Å². The Bertz CT molecular complexity index is 733. The molecule has 0 saturated carbocycles. The smallest absolute Gasteiger partial charge is 0.270 e. The van der Waals surface area contributed by atoms with Gasteiger partial charge in [-0.2, -0.15) is 0 Å². The van der Waals surface area contributed by atoms with Crippen LogP contribution >= 0.6 is 0 Å². The van der Waals surface area contributed by atoms with Gasteiger partial charge in [0.2, 0.25) is 0 Å². The molecule has 0 aliphatic carbocycles. The number of ether oxygens (including phenoxy) is 1. The molecule has 2 aromatic rings. The van der Waals surface area contributed by atoms with Crippen LogP contribution < -0.4 is 10.9 Å². The third-order valence-electron chi connectivity index (χ3n) is 3.61. The van der Waals surface area contributed by atoms with Gasteiger partial charge in [-0.1, -0.05) is 6.07 Å². The van der Waals surface area contributed by atoms with Crippen LogP contribution in [0.2, 0.25) is 0 Å². The van der Waals surface area contributed by atoms with Crippen molar-refractivity contribution in [2.24, 2.45) is 0 Å². The Labute approximate surface area is 121 Å². The highest BCUT2D eigenvalue weighted by atomic mass is 16.5. The molecule has 1 aliphatic heterocycles. The molecule has 6 nitrogen and oxygen atoms in total. The van der Waals surface area contributed by atoms with Gasteiger partial charge in [-0.05, 0) is 31.4 Å². The van der Waals surface area contributed by atoms with Crippen LogP contribution in [0.25, 0.3) is 5.65 Å². The lowest BCUT2D eigenvalue weighted by Crippen LogP contribution is -2.36. The molecule has 1 N–H and O–H groups in total. The van der Waals surface area contributed by atoms with Crippen LogP contribution in [-0.2, 0) is 4.74 Å². The molecule has 3 heterocycles. The second-order valence-corrected chi connectivity index (χ2v) is 5.26. The highest BCUT2D eigenvalue weighted by Gasteiger charge is 2.18. The summed E-state index contributed by atoms with van der Waals surface area (Å²) in [6.07, 6.45) is 5.01. The minimum atomic E-state index is -0.404. The summed E-state index contributed by atoms with van der Waals surface area (Å²) in [5.74, 6) is -0.404. The van der Waals surface area contributed by atoms with Crippen molar-refractivity contribution in [3.63, 3.8) is 0 Å². The van der Waals surface area contributed by atoms with Crippen LogP contribution in [0.1, 0.15) is 28.8 Å². The van der Waals surface area contributed by atoms with Crippen LogP contribution in [0.5, 0.6) is 0 Å². The first-order chi connectivity index (χ1) is 10.1. The van der Waals surface area contributed by atoms with Gasteiger partial charge in [0.25, 0.3) is 11.5 Å². The van der Waals surface area contributed by atoms with Crippen molar-refractivity contribution in [2.75, 3.05) is 13.2 Å². The minimum Gasteiger partial charge on any atom is -0.376 e. The molecule has 0 spiro atoms. The van der Waals surface area contributed by atoms with Gasteiger partial charge in [0.15, 0.2) is 0 Å². The zero-order valence-electron chi connectivity index (χ0n) is 11.8. The number of hydrogen-bond acceptors (Lipinski definition) is 4. The summed E-state index contributed by atoms with van der Waals surface area (Å²) in [7, 11) is 0. The zero-order valence-corrected chi connectivity index (χ0v) is 11.8. The van der Waals surface area contributed by atoms with Gasteiger partial charge in [-0.3, -0.25) is 14.0 Å². The molecular weight excluding hydrogens is 270 g/mol. The van der Waals surface area contributed by atoms with Crippen LogP contribution in [0.15, 0.2) is 29.3 Å². The maximum absolute atomic E-state index is 12.3. The van der Waals surface area contributed by atoms with E-state index in [1.54, 1.807) is 12.3 Å². The first-order valence-electron chi connectivity index (χ1n) is 7.03. The number of aromatic nitrogens is 2. The number of nitrogens with zero attached hydrogens (tertiary/aromatic N) is 2. The van der Waals surface area contributed by atoms with Gasteiger partial charge in [-0.15, -0.1) is 0 Å². The lowest BCUT2D eigenvalue weighted by Gasteiger charge is -2.10. The van der Waals surface area contributed by atoms with Crippen molar-refractivity contribution in [1.82, 2.24) is 14.7 Å². The number of hydrogen-bond donors (Lipinski definition) is 1. The number of aryl methyl sites for hydroxylation is 1. The third kappa shape index (κ3) is 2.80. The molecule has 110 valence electrons. The third-order valence-corrected chi connectivity index (χ3v) is 3.61. The Morgan fingerprint density at radius 1 is 1.52 bits per heavy atom. The molecule has 1 atom stereocenters. The molecule has 0 bridgehead atoms. The fourth-order valence-corrected chi connectivity index (χ4v) is 2.45. The average Bonchev–Trinajstić information content (AvgIpc) is 2.99. The number of nitrogens with one attached hydrogen (secondary N) is 1. The summed E-state index contributed by atoms with van der Waals surface area (Å²) in [4.78, 5) is 28.6. The lowest BCUT2D eigenvalue weighted by molar-refractivity contribution is 0.0856. The number of carbonyl (C=O) groups excluding carboxylic acids is 1. The predicted molar refractivity (Wildman–Crippen MR) is 77.5 cm³/mol. The van der Waals surface area contributed by atoms with Crippen molar-refractivity contribution in [2.45, 2.75) is 25.9 Å². The number of fused-ring (bicyclic) bond motifs is 1. The molecular formula is C15H17N3O3. The number of carbonyl (C=O) groups is 1. The summed E-state index contributed by atoms with van der Waals surface area (Å²) in [6.45, 7) is 3.05. The fraction of sp³-hybridized carbons (Fsp3) is 0.400. The molecule has 0 radical (unpaired) electrons. The Hall–Kier alpha value is -2.21. The lowest BCUT2D eigenvalue weighted by atomic mass is 10.2. The van der Waals surface area contributed by atoms with Crippen LogP contribution in [-0.4, -0.2) is 34.5 Å². The largest absolute Gasteiger partial charge is 0.376 e. The SMILES string of the molecule is Cc1ccc2ncc(C(=O)NCC3CCCO3)c(=O)n2c1. The van der Waals surface area contributed by atoms with Crippen LogP contribution in [0.3, 0.4) is 0 Å². The van der Waals surface area contributed by atoms with Gasteiger partial charge < -0.3 is 10.1 Å². The minimum absolute atomic E-state index is 0.0485. The van der Waals surface area contributed by atoms with E-state index in [1.165, 1.54) is 10.6 Å². The Kier molecular flexibility index (Phi) is 3.70. The molecule has 1 unspecified atom stereocenters. The molecule has 1 amide bonds. The van der Waals surface area contributed by atoms with Gasteiger partial charge in [-0.25, -0.2) is 4.98 Å². The van der Waals surface area contributed by atoms with Crippen molar-refractivity contribution >= 4 is 11.6 Å². The summed E-state index contributed by atoms with van der Waals surface area (Å²) in [5.41, 5.74) is 1.16. The molecule has 0 aromatic carbocycles. The molecule has 2 aromatic heterocycles. The van der Waals surface area contributed by atoms with E-state index in [0.717, 1.165) is 25.0 Å². The van der Waals surface area contributed by atoms with E-state index in [0.29, 0.717) is 12.2 Å².